The molecule has 4 aromatic rings. The number of benzene rings is 2. The van der Waals surface area contributed by atoms with Gasteiger partial charge in [-0.05, 0) is 41.5 Å². The first kappa shape index (κ1) is 18.0. The van der Waals surface area contributed by atoms with Gasteiger partial charge in [-0.3, -0.25) is 9.59 Å². The number of hydrogen-bond acceptors (Lipinski definition) is 5. The highest BCUT2D eigenvalue weighted by Gasteiger charge is 2.11. The van der Waals surface area contributed by atoms with Gasteiger partial charge in [0.05, 0.1) is 4.53 Å². The monoisotopic (exact) mass is 459 g/mol. The zero-order chi connectivity index (χ0) is 19.0. The molecule has 0 saturated heterocycles. The molecule has 0 unspecified atom stereocenters. The fourth-order valence-electron chi connectivity index (χ4n) is 2.60. The molecule has 0 N–H and O–H groups in total. The maximum Gasteiger partial charge on any atom is 0.296 e. The molecular formula is C19H11BrClN3O2S. The molecule has 2 aromatic carbocycles. The number of nitrogens with zero attached hydrogens (tertiary/aromatic N) is 3. The number of rotatable bonds is 3. The van der Waals surface area contributed by atoms with E-state index in [1.54, 1.807) is 18.2 Å². The molecule has 0 radical (unpaired) electrons. The smallest absolute Gasteiger partial charge is 0.266 e. The lowest BCUT2D eigenvalue weighted by Crippen LogP contribution is -2.28. The van der Waals surface area contributed by atoms with Crippen molar-refractivity contribution in [2.24, 2.45) is 0 Å². The first-order valence-corrected chi connectivity index (χ1v) is 9.93. The summed E-state index contributed by atoms with van der Waals surface area (Å²) >= 11 is 10.4. The van der Waals surface area contributed by atoms with Gasteiger partial charge in [0, 0.05) is 15.9 Å². The van der Waals surface area contributed by atoms with Crippen LogP contribution in [-0.2, 0) is 6.42 Å². The second-order valence-corrected chi connectivity index (χ2v) is 8.19. The van der Waals surface area contributed by atoms with Crippen molar-refractivity contribution in [1.82, 2.24) is 14.6 Å². The van der Waals surface area contributed by atoms with Crippen LogP contribution < -0.4 is 15.7 Å². The summed E-state index contributed by atoms with van der Waals surface area (Å²) in [5, 5.41) is 4.86. The van der Waals surface area contributed by atoms with Crippen LogP contribution in [0.3, 0.4) is 0 Å². The van der Waals surface area contributed by atoms with Crippen molar-refractivity contribution in [2.45, 2.75) is 6.42 Å². The molecule has 0 amide bonds. The average Bonchev–Trinajstić information content (AvgIpc) is 2.92. The van der Waals surface area contributed by atoms with Crippen molar-refractivity contribution in [3.8, 4) is 0 Å². The highest BCUT2D eigenvalue weighted by Crippen LogP contribution is 2.13. The molecule has 0 saturated carbocycles. The Labute approximate surface area is 170 Å². The minimum Gasteiger partial charge on any atom is -0.266 e. The third kappa shape index (κ3) is 3.85. The molecule has 27 heavy (non-hydrogen) atoms. The average molecular weight is 461 g/mol. The number of hydrogen-bond donors (Lipinski definition) is 0. The molecule has 0 atom stereocenters. The third-order valence-electron chi connectivity index (χ3n) is 3.88. The largest absolute Gasteiger partial charge is 0.296 e. The first-order chi connectivity index (χ1) is 13.0. The first-order valence-electron chi connectivity index (χ1n) is 7.94. The summed E-state index contributed by atoms with van der Waals surface area (Å²) in [4.78, 5) is 29.3. The number of halogens is 2. The Bertz CT molecular complexity index is 1320. The Balaban J connectivity index is 1.80. The summed E-state index contributed by atoms with van der Waals surface area (Å²) in [5.41, 5.74) is 1.24. The lowest BCUT2D eigenvalue weighted by Gasteiger charge is -2.00. The van der Waals surface area contributed by atoms with Crippen molar-refractivity contribution < 1.29 is 0 Å². The quantitative estimate of drug-likeness (QED) is 0.471. The maximum absolute atomic E-state index is 12.7. The second-order valence-electron chi connectivity index (χ2n) is 5.83. The van der Waals surface area contributed by atoms with E-state index in [2.05, 4.69) is 26.0 Å². The summed E-state index contributed by atoms with van der Waals surface area (Å²) < 4.78 is 2.58. The van der Waals surface area contributed by atoms with Crippen LogP contribution in [0.5, 0.6) is 0 Å². The van der Waals surface area contributed by atoms with Gasteiger partial charge in [0.15, 0.2) is 0 Å². The van der Waals surface area contributed by atoms with E-state index in [0.717, 1.165) is 26.9 Å². The van der Waals surface area contributed by atoms with Gasteiger partial charge in [0.25, 0.3) is 11.1 Å². The fourth-order valence-corrected chi connectivity index (χ4v) is 4.04. The van der Waals surface area contributed by atoms with E-state index in [-0.39, 0.29) is 22.6 Å². The topological polar surface area (TPSA) is 64.3 Å². The maximum atomic E-state index is 12.7. The van der Waals surface area contributed by atoms with Crippen LogP contribution in [0, 0.1) is 0 Å². The summed E-state index contributed by atoms with van der Waals surface area (Å²) in [6.45, 7) is 0. The highest BCUT2D eigenvalue weighted by atomic mass is 79.9. The zero-order valence-corrected chi connectivity index (χ0v) is 16.9. The summed E-state index contributed by atoms with van der Waals surface area (Å²) in [6, 6.07) is 14.7. The Hall–Kier alpha value is -2.35. The minimum atomic E-state index is -0.430. The van der Waals surface area contributed by atoms with Gasteiger partial charge < -0.3 is 0 Å². The van der Waals surface area contributed by atoms with E-state index in [4.69, 9.17) is 11.6 Å². The number of fused-ring (bicyclic) bond motifs is 1. The van der Waals surface area contributed by atoms with Gasteiger partial charge in [0.1, 0.15) is 5.69 Å². The standard InChI is InChI=1S/C19H11BrClN3O2S/c20-13-3-1-2-12(8-13)10-16-18(26)24-19(27-16)22-17(25)15(23-24)9-11-4-6-14(21)7-5-11/h1-8,10H,9H2. The highest BCUT2D eigenvalue weighted by molar-refractivity contribution is 9.10. The van der Waals surface area contributed by atoms with Crippen molar-refractivity contribution in [1.29, 1.82) is 0 Å². The molecule has 2 heterocycles. The van der Waals surface area contributed by atoms with Crippen LogP contribution in [0.25, 0.3) is 11.0 Å². The van der Waals surface area contributed by atoms with Gasteiger partial charge in [-0.25, -0.2) is 0 Å². The Morgan fingerprint density at radius 3 is 2.67 bits per heavy atom. The SMILES string of the molecule is O=c1nc2sc(=Cc3cccc(Br)c3)c(=O)n2nc1Cc1ccc(Cl)cc1. The van der Waals surface area contributed by atoms with Crippen molar-refractivity contribution in [2.75, 3.05) is 0 Å². The number of thiazole rings is 1. The molecule has 5 nitrogen and oxygen atoms in total. The van der Waals surface area contributed by atoms with E-state index >= 15 is 0 Å². The second kappa shape index (κ2) is 7.34. The molecule has 0 fully saturated rings. The normalized spacial score (nSPS) is 12.0. The molecule has 0 aliphatic carbocycles. The van der Waals surface area contributed by atoms with Crippen LogP contribution >= 0.6 is 38.9 Å². The van der Waals surface area contributed by atoms with E-state index in [1.165, 1.54) is 4.52 Å². The molecule has 0 aliphatic heterocycles. The molecule has 134 valence electrons. The third-order valence-corrected chi connectivity index (χ3v) is 5.59. The van der Waals surface area contributed by atoms with Crippen LogP contribution in [0.15, 0.2) is 62.6 Å². The van der Waals surface area contributed by atoms with Crippen molar-refractivity contribution in [3.63, 3.8) is 0 Å². The number of aromatic nitrogens is 3. The van der Waals surface area contributed by atoms with Crippen molar-refractivity contribution in [3.05, 3.63) is 100 Å². The van der Waals surface area contributed by atoms with Gasteiger partial charge in [-0.1, -0.05) is 63.1 Å². The molecule has 0 spiro atoms. The van der Waals surface area contributed by atoms with E-state index < -0.39 is 5.56 Å². The van der Waals surface area contributed by atoms with Gasteiger partial charge in [-0.15, -0.1) is 0 Å². The van der Waals surface area contributed by atoms with Gasteiger partial charge in [-0.2, -0.15) is 14.6 Å². The predicted octanol–water partition coefficient (Wildman–Crippen LogP) is 3.07. The van der Waals surface area contributed by atoms with Crippen LogP contribution in [0.4, 0.5) is 0 Å². The van der Waals surface area contributed by atoms with Crippen LogP contribution in [-0.4, -0.2) is 14.6 Å². The molecule has 4 rings (SSSR count). The lowest BCUT2D eigenvalue weighted by atomic mass is 10.1. The van der Waals surface area contributed by atoms with Crippen LogP contribution in [0.2, 0.25) is 5.02 Å². The van der Waals surface area contributed by atoms with E-state index in [9.17, 15) is 9.59 Å². The summed E-state index contributed by atoms with van der Waals surface area (Å²) in [6.07, 6.45) is 2.05. The van der Waals surface area contributed by atoms with Gasteiger partial charge in [0.2, 0.25) is 4.96 Å². The Morgan fingerprint density at radius 1 is 1.15 bits per heavy atom. The molecular weight excluding hydrogens is 450 g/mol. The molecule has 0 bridgehead atoms. The van der Waals surface area contributed by atoms with E-state index in [0.29, 0.717) is 9.55 Å². The van der Waals surface area contributed by atoms with Crippen LogP contribution in [0.1, 0.15) is 16.8 Å². The summed E-state index contributed by atoms with van der Waals surface area (Å²) in [7, 11) is 0. The molecule has 0 aliphatic rings. The minimum absolute atomic E-state index is 0.221. The lowest BCUT2D eigenvalue weighted by molar-refractivity contribution is 0.811. The Morgan fingerprint density at radius 2 is 1.93 bits per heavy atom. The fraction of sp³-hybridized carbons (Fsp3) is 0.0526. The van der Waals surface area contributed by atoms with Gasteiger partial charge >= 0.3 is 0 Å². The predicted molar refractivity (Wildman–Crippen MR) is 111 cm³/mol. The Kier molecular flexibility index (Phi) is 4.90. The summed E-state index contributed by atoms with van der Waals surface area (Å²) in [5.74, 6) is 0. The molecule has 8 heteroatoms. The molecule has 2 aromatic heterocycles. The van der Waals surface area contributed by atoms with Crippen molar-refractivity contribution >= 4 is 49.9 Å². The zero-order valence-electron chi connectivity index (χ0n) is 13.7. The van der Waals surface area contributed by atoms with E-state index in [1.807, 2.05) is 36.4 Å².